The van der Waals surface area contributed by atoms with E-state index in [-0.39, 0.29) is 11.5 Å². The van der Waals surface area contributed by atoms with Crippen molar-refractivity contribution in [1.82, 2.24) is 0 Å². The molecule has 0 unspecified atom stereocenters. The molecule has 0 spiro atoms. The van der Waals surface area contributed by atoms with Gasteiger partial charge >= 0.3 is 0 Å². The molecule has 0 aliphatic carbocycles. The molecule has 0 N–H and O–H groups in total. The number of halogens is 1. The molecular weight excluding hydrogens is 259 g/mol. The highest BCUT2D eigenvalue weighted by Gasteiger charge is 2.27. The summed E-state index contributed by atoms with van der Waals surface area (Å²) in [6.07, 6.45) is 1.41. The van der Waals surface area contributed by atoms with E-state index in [0.717, 1.165) is 0 Å². The Morgan fingerprint density at radius 3 is 2.75 bits per heavy atom. The van der Waals surface area contributed by atoms with E-state index in [2.05, 4.69) is 0 Å². The van der Waals surface area contributed by atoms with Gasteiger partial charge in [-0.2, -0.15) is 0 Å². The van der Waals surface area contributed by atoms with Crippen molar-refractivity contribution < 1.29 is 18.7 Å². The van der Waals surface area contributed by atoms with Gasteiger partial charge in [-0.1, -0.05) is 18.2 Å². The van der Waals surface area contributed by atoms with Crippen LogP contribution in [0.4, 0.5) is 4.39 Å². The van der Waals surface area contributed by atoms with Gasteiger partial charge < -0.3 is 9.47 Å². The van der Waals surface area contributed by atoms with Crippen molar-refractivity contribution in [2.45, 2.75) is 0 Å². The van der Waals surface area contributed by atoms with Gasteiger partial charge in [-0.3, -0.25) is 4.79 Å². The molecular formula is C16H11FO3. The van der Waals surface area contributed by atoms with Crippen LogP contribution in [-0.4, -0.2) is 12.9 Å². The third-order valence-electron chi connectivity index (χ3n) is 3.07. The second kappa shape index (κ2) is 4.81. The van der Waals surface area contributed by atoms with Crippen LogP contribution in [0.2, 0.25) is 0 Å². The molecule has 3 rings (SSSR count). The van der Waals surface area contributed by atoms with Crippen LogP contribution in [0.15, 0.2) is 48.2 Å². The number of benzene rings is 2. The Bertz CT molecular complexity index is 719. The zero-order valence-corrected chi connectivity index (χ0v) is 10.7. The number of rotatable bonds is 2. The van der Waals surface area contributed by atoms with Crippen molar-refractivity contribution >= 4 is 11.9 Å². The number of fused-ring (bicyclic) bond motifs is 1. The topological polar surface area (TPSA) is 35.5 Å². The number of carbonyl (C=O) groups is 1. The highest BCUT2D eigenvalue weighted by molar-refractivity contribution is 6.14. The SMILES string of the molecule is COc1ccc2c(c1)OC(=Cc1ccccc1F)C2=O. The minimum Gasteiger partial charge on any atom is -0.497 e. The fourth-order valence-corrected chi connectivity index (χ4v) is 2.03. The van der Waals surface area contributed by atoms with E-state index in [4.69, 9.17) is 9.47 Å². The van der Waals surface area contributed by atoms with Gasteiger partial charge in [0.05, 0.1) is 12.7 Å². The Kier molecular flexibility index (Phi) is 2.99. The molecule has 2 aromatic rings. The number of Topliss-reactive ketones (excluding diaryl/α,β-unsaturated/α-hetero) is 1. The fraction of sp³-hybridized carbons (Fsp3) is 0.0625. The summed E-state index contributed by atoms with van der Waals surface area (Å²) in [6, 6.07) is 11.2. The second-order valence-electron chi connectivity index (χ2n) is 4.32. The lowest BCUT2D eigenvalue weighted by atomic mass is 10.1. The van der Waals surface area contributed by atoms with Gasteiger partial charge in [0, 0.05) is 11.6 Å². The summed E-state index contributed by atoms with van der Waals surface area (Å²) >= 11 is 0. The van der Waals surface area contributed by atoms with Crippen molar-refractivity contribution in [2.24, 2.45) is 0 Å². The highest BCUT2D eigenvalue weighted by Crippen LogP contribution is 2.34. The number of methoxy groups -OCH3 is 1. The first-order valence-corrected chi connectivity index (χ1v) is 6.06. The van der Waals surface area contributed by atoms with Gasteiger partial charge in [0.25, 0.3) is 0 Å². The molecule has 100 valence electrons. The third kappa shape index (κ3) is 2.05. The monoisotopic (exact) mass is 270 g/mol. The quantitative estimate of drug-likeness (QED) is 0.784. The van der Waals surface area contributed by atoms with Gasteiger partial charge in [0.15, 0.2) is 5.76 Å². The van der Waals surface area contributed by atoms with Crippen molar-refractivity contribution in [1.29, 1.82) is 0 Å². The number of ketones is 1. The van der Waals surface area contributed by atoms with E-state index in [1.807, 2.05) is 0 Å². The predicted octanol–water partition coefficient (Wildman–Crippen LogP) is 3.45. The minimum atomic E-state index is -0.398. The van der Waals surface area contributed by atoms with Crippen molar-refractivity contribution in [3.63, 3.8) is 0 Å². The third-order valence-corrected chi connectivity index (χ3v) is 3.07. The van der Waals surface area contributed by atoms with Crippen LogP contribution in [0.3, 0.4) is 0 Å². The Labute approximate surface area is 115 Å². The molecule has 0 amide bonds. The summed E-state index contributed by atoms with van der Waals surface area (Å²) in [6.45, 7) is 0. The lowest BCUT2D eigenvalue weighted by Gasteiger charge is -2.01. The molecule has 2 aromatic carbocycles. The average Bonchev–Trinajstić information content (AvgIpc) is 2.77. The molecule has 0 saturated heterocycles. The minimum absolute atomic E-state index is 0.110. The summed E-state index contributed by atoms with van der Waals surface area (Å²) < 4.78 is 24.1. The maximum Gasteiger partial charge on any atom is 0.231 e. The average molecular weight is 270 g/mol. The fourth-order valence-electron chi connectivity index (χ4n) is 2.03. The van der Waals surface area contributed by atoms with Crippen LogP contribution in [0, 0.1) is 5.82 Å². The van der Waals surface area contributed by atoms with Gasteiger partial charge in [-0.15, -0.1) is 0 Å². The molecule has 1 aliphatic rings. The summed E-state index contributed by atoms with van der Waals surface area (Å²) in [5.74, 6) is 0.481. The summed E-state index contributed by atoms with van der Waals surface area (Å²) in [5, 5.41) is 0. The first kappa shape index (κ1) is 12.4. The molecule has 0 saturated carbocycles. The molecule has 0 atom stereocenters. The lowest BCUT2D eigenvalue weighted by molar-refractivity contribution is 0.101. The number of allylic oxidation sites excluding steroid dienone is 1. The van der Waals surface area contributed by atoms with Crippen molar-refractivity contribution in [2.75, 3.05) is 7.11 Å². The van der Waals surface area contributed by atoms with Crippen molar-refractivity contribution in [3.05, 3.63) is 65.2 Å². The smallest absolute Gasteiger partial charge is 0.231 e. The van der Waals surface area contributed by atoms with E-state index in [1.165, 1.54) is 19.3 Å². The van der Waals surface area contributed by atoms with E-state index in [1.54, 1.807) is 36.4 Å². The molecule has 0 radical (unpaired) electrons. The summed E-state index contributed by atoms with van der Waals surface area (Å²) in [5.41, 5.74) is 0.768. The number of hydrogen-bond donors (Lipinski definition) is 0. The largest absolute Gasteiger partial charge is 0.497 e. The Hall–Kier alpha value is -2.62. The van der Waals surface area contributed by atoms with Gasteiger partial charge in [-0.05, 0) is 24.3 Å². The molecule has 1 aliphatic heterocycles. The number of ether oxygens (including phenoxy) is 2. The van der Waals surface area contributed by atoms with Gasteiger partial charge in [0.1, 0.15) is 17.3 Å². The van der Waals surface area contributed by atoms with Gasteiger partial charge in [0.2, 0.25) is 5.78 Å². The number of carbonyl (C=O) groups excluding carboxylic acids is 1. The molecule has 20 heavy (non-hydrogen) atoms. The maximum absolute atomic E-state index is 13.6. The second-order valence-corrected chi connectivity index (χ2v) is 4.32. The first-order chi connectivity index (χ1) is 9.69. The first-order valence-electron chi connectivity index (χ1n) is 6.06. The molecule has 0 aromatic heterocycles. The van der Waals surface area contributed by atoms with Gasteiger partial charge in [-0.25, -0.2) is 4.39 Å². The molecule has 0 bridgehead atoms. The molecule has 4 heteroatoms. The van der Waals surface area contributed by atoms with Crippen LogP contribution >= 0.6 is 0 Å². The lowest BCUT2D eigenvalue weighted by Crippen LogP contribution is -1.98. The van der Waals surface area contributed by atoms with E-state index in [9.17, 15) is 9.18 Å². The van der Waals surface area contributed by atoms with Crippen LogP contribution in [0.5, 0.6) is 11.5 Å². The number of hydrogen-bond acceptors (Lipinski definition) is 3. The van der Waals surface area contributed by atoms with E-state index >= 15 is 0 Å². The zero-order valence-electron chi connectivity index (χ0n) is 10.7. The standard InChI is InChI=1S/C16H11FO3/c1-19-11-6-7-12-14(9-11)20-15(16(12)18)8-10-4-2-3-5-13(10)17/h2-9H,1H3. The zero-order chi connectivity index (χ0) is 14.1. The summed E-state index contributed by atoms with van der Waals surface area (Å²) in [7, 11) is 1.54. The predicted molar refractivity (Wildman–Crippen MR) is 72.3 cm³/mol. The Morgan fingerprint density at radius 1 is 1.20 bits per heavy atom. The Morgan fingerprint density at radius 2 is 2.00 bits per heavy atom. The van der Waals surface area contributed by atoms with Crippen molar-refractivity contribution in [3.8, 4) is 11.5 Å². The molecule has 1 heterocycles. The molecule has 3 nitrogen and oxygen atoms in total. The normalized spacial score (nSPS) is 15.1. The van der Waals surface area contributed by atoms with E-state index in [0.29, 0.717) is 22.6 Å². The molecule has 0 fully saturated rings. The van der Waals surface area contributed by atoms with E-state index < -0.39 is 5.82 Å². The van der Waals surface area contributed by atoms with Crippen LogP contribution in [0.1, 0.15) is 15.9 Å². The summed E-state index contributed by atoms with van der Waals surface area (Å²) in [4.78, 5) is 12.2. The van der Waals surface area contributed by atoms with Crippen LogP contribution in [0.25, 0.3) is 6.08 Å². The van der Waals surface area contributed by atoms with Crippen LogP contribution in [-0.2, 0) is 0 Å². The highest BCUT2D eigenvalue weighted by atomic mass is 19.1. The maximum atomic E-state index is 13.6. The van der Waals surface area contributed by atoms with Crippen LogP contribution < -0.4 is 9.47 Å². The Balaban J connectivity index is 1.99.